The molecule has 0 aromatic carbocycles. The molecule has 0 spiro atoms. The minimum Gasteiger partial charge on any atom is -0.300 e. The maximum absolute atomic E-state index is 12.7. The third-order valence-electron chi connectivity index (χ3n) is 5.17. The molecule has 0 heterocycles. The van der Waals surface area contributed by atoms with Crippen LogP contribution in [0.4, 0.5) is 4.39 Å². The summed E-state index contributed by atoms with van der Waals surface area (Å²) in [5, 5.41) is 0. The molecule has 2 rings (SSSR count). The fraction of sp³-hybridized carbons (Fsp3) is 0.857. The molecule has 2 fully saturated rings. The summed E-state index contributed by atoms with van der Waals surface area (Å²) in [6.45, 7) is 7.86. The van der Waals surface area contributed by atoms with Gasteiger partial charge in [0.25, 0.3) is 0 Å². The van der Waals surface area contributed by atoms with Crippen molar-refractivity contribution < 1.29 is 14.0 Å². The lowest BCUT2D eigenvalue weighted by Crippen LogP contribution is -2.11. The van der Waals surface area contributed by atoms with E-state index in [-0.39, 0.29) is 34.2 Å². The molecule has 2 nitrogen and oxygen atoms in total. The van der Waals surface area contributed by atoms with E-state index >= 15 is 0 Å². The first-order chi connectivity index (χ1) is 7.72. The molecule has 17 heavy (non-hydrogen) atoms. The molecule has 2 aliphatic rings. The number of hydrogen-bond acceptors (Lipinski definition) is 2. The summed E-state index contributed by atoms with van der Waals surface area (Å²) in [4.78, 5) is 23.2. The van der Waals surface area contributed by atoms with Gasteiger partial charge < -0.3 is 0 Å². The third-order valence-corrected chi connectivity index (χ3v) is 5.17. The molecule has 0 radical (unpaired) electrons. The highest BCUT2D eigenvalue weighted by molar-refractivity contribution is 5.86. The monoisotopic (exact) mass is 240 g/mol. The van der Waals surface area contributed by atoms with Crippen molar-refractivity contribution in [3.63, 3.8) is 0 Å². The SMILES string of the molecule is CC(=O)C1C(C)(C)C1(C)CCC(=O)C1CC1F. The quantitative estimate of drug-likeness (QED) is 0.740. The third kappa shape index (κ3) is 1.84. The maximum Gasteiger partial charge on any atom is 0.139 e. The van der Waals surface area contributed by atoms with Crippen LogP contribution in [0.1, 0.15) is 47.0 Å². The molecular formula is C14H21FO2. The van der Waals surface area contributed by atoms with Gasteiger partial charge in [0.05, 0.1) is 5.92 Å². The maximum atomic E-state index is 12.7. The van der Waals surface area contributed by atoms with Crippen LogP contribution in [0, 0.1) is 22.7 Å². The van der Waals surface area contributed by atoms with Crippen LogP contribution in [-0.4, -0.2) is 17.7 Å². The standard InChI is InChI=1S/C14H21FO2/c1-8(16)12-13(2,3)14(12,4)6-5-11(17)9-7-10(9)15/h9-10,12H,5-7H2,1-4H3. The zero-order valence-electron chi connectivity index (χ0n) is 11.0. The van der Waals surface area contributed by atoms with E-state index < -0.39 is 6.17 Å². The normalized spacial score (nSPS) is 42.1. The summed E-state index contributed by atoms with van der Waals surface area (Å²) in [6, 6.07) is 0. The van der Waals surface area contributed by atoms with Crippen molar-refractivity contribution in [1.29, 1.82) is 0 Å². The number of carbonyl (C=O) groups is 2. The van der Waals surface area contributed by atoms with Crippen molar-refractivity contribution >= 4 is 11.6 Å². The van der Waals surface area contributed by atoms with Crippen molar-refractivity contribution in [3.05, 3.63) is 0 Å². The van der Waals surface area contributed by atoms with Crippen molar-refractivity contribution in [2.24, 2.45) is 22.7 Å². The minimum absolute atomic E-state index is 0.0161. The molecule has 0 aliphatic heterocycles. The van der Waals surface area contributed by atoms with Gasteiger partial charge in [-0.05, 0) is 30.6 Å². The number of rotatable bonds is 5. The number of halogens is 1. The molecule has 0 saturated heterocycles. The van der Waals surface area contributed by atoms with Gasteiger partial charge in [-0.2, -0.15) is 0 Å². The molecule has 0 N–H and O–H groups in total. The van der Waals surface area contributed by atoms with Crippen LogP contribution in [-0.2, 0) is 9.59 Å². The highest BCUT2D eigenvalue weighted by atomic mass is 19.1. The Morgan fingerprint density at radius 1 is 1.29 bits per heavy atom. The summed E-state index contributed by atoms with van der Waals surface area (Å²) in [6.07, 6.45) is 0.655. The van der Waals surface area contributed by atoms with E-state index in [4.69, 9.17) is 0 Å². The molecule has 2 aliphatic carbocycles. The van der Waals surface area contributed by atoms with E-state index in [0.717, 1.165) is 0 Å². The largest absolute Gasteiger partial charge is 0.300 e. The average Bonchev–Trinajstić information content (AvgIpc) is 3.00. The van der Waals surface area contributed by atoms with Gasteiger partial charge in [-0.25, -0.2) is 4.39 Å². The zero-order valence-corrected chi connectivity index (χ0v) is 11.0. The Kier molecular flexibility index (Phi) is 2.72. The Morgan fingerprint density at radius 2 is 1.82 bits per heavy atom. The van der Waals surface area contributed by atoms with E-state index in [1.54, 1.807) is 6.92 Å². The van der Waals surface area contributed by atoms with Crippen molar-refractivity contribution in [1.82, 2.24) is 0 Å². The summed E-state index contributed by atoms with van der Waals surface area (Å²) in [5.74, 6) is -0.0251. The first-order valence-corrected chi connectivity index (χ1v) is 6.39. The lowest BCUT2D eigenvalue weighted by molar-refractivity contribution is -0.122. The Labute approximate surface area is 102 Å². The van der Waals surface area contributed by atoms with Gasteiger partial charge in [-0.15, -0.1) is 0 Å². The molecule has 0 amide bonds. The summed E-state index contributed by atoms with van der Waals surface area (Å²) < 4.78 is 12.7. The molecular weight excluding hydrogens is 219 g/mol. The molecule has 0 aromatic heterocycles. The fourth-order valence-corrected chi connectivity index (χ4v) is 3.56. The minimum atomic E-state index is -0.897. The second-order valence-corrected chi connectivity index (χ2v) is 6.51. The van der Waals surface area contributed by atoms with Crippen LogP contribution in [0.15, 0.2) is 0 Å². The summed E-state index contributed by atoms with van der Waals surface area (Å²) in [5.41, 5.74) is -0.0903. The number of hydrogen-bond donors (Lipinski definition) is 0. The van der Waals surface area contributed by atoms with E-state index in [1.165, 1.54) is 0 Å². The van der Waals surface area contributed by atoms with Crippen LogP contribution < -0.4 is 0 Å². The molecule has 4 atom stereocenters. The number of ketones is 2. The first kappa shape index (κ1) is 12.7. The van der Waals surface area contributed by atoms with Gasteiger partial charge >= 0.3 is 0 Å². The van der Waals surface area contributed by atoms with Crippen molar-refractivity contribution in [2.75, 3.05) is 0 Å². The Balaban J connectivity index is 1.91. The van der Waals surface area contributed by atoms with Gasteiger partial charge in [-0.1, -0.05) is 20.8 Å². The van der Waals surface area contributed by atoms with E-state index in [1.807, 2.05) is 0 Å². The van der Waals surface area contributed by atoms with Gasteiger partial charge in [0, 0.05) is 12.3 Å². The zero-order chi connectivity index (χ0) is 13.0. The summed E-state index contributed by atoms with van der Waals surface area (Å²) >= 11 is 0. The summed E-state index contributed by atoms with van der Waals surface area (Å²) in [7, 11) is 0. The molecule has 0 aromatic rings. The highest BCUT2D eigenvalue weighted by Crippen LogP contribution is 2.71. The van der Waals surface area contributed by atoms with Crippen molar-refractivity contribution in [3.8, 4) is 0 Å². The Bertz CT molecular complexity index is 374. The Morgan fingerprint density at radius 3 is 2.18 bits per heavy atom. The second-order valence-electron chi connectivity index (χ2n) is 6.51. The highest BCUT2D eigenvalue weighted by Gasteiger charge is 2.69. The van der Waals surface area contributed by atoms with Gasteiger partial charge in [0.1, 0.15) is 17.7 Å². The molecule has 96 valence electrons. The van der Waals surface area contributed by atoms with Crippen LogP contribution in [0.2, 0.25) is 0 Å². The molecule has 3 heteroatoms. The second kappa shape index (κ2) is 3.63. The number of Topliss-reactive ketones (excluding diaryl/α,β-unsaturated/α-hetero) is 2. The van der Waals surface area contributed by atoms with E-state index in [9.17, 15) is 14.0 Å². The molecule has 2 saturated carbocycles. The van der Waals surface area contributed by atoms with Crippen LogP contribution >= 0.6 is 0 Å². The number of alkyl halides is 1. The first-order valence-electron chi connectivity index (χ1n) is 6.39. The fourth-order valence-electron chi connectivity index (χ4n) is 3.56. The van der Waals surface area contributed by atoms with Crippen molar-refractivity contribution in [2.45, 2.75) is 53.1 Å². The molecule has 0 bridgehead atoms. The van der Waals surface area contributed by atoms with Crippen LogP contribution in [0.5, 0.6) is 0 Å². The Hall–Kier alpha value is -0.730. The predicted octanol–water partition coefficient (Wildman–Crippen LogP) is 2.95. The van der Waals surface area contributed by atoms with Gasteiger partial charge in [-0.3, -0.25) is 9.59 Å². The predicted molar refractivity (Wildman–Crippen MR) is 63.3 cm³/mol. The van der Waals surface area contributed by atoms with Crippen LogP contribution in [0.25, 0.3) is 0 Å². The van der Waals surface area contributed by atoms with E-state index in [0.29, 0.717) is 19.3 Å². The average molecular weight is 240 g/mol. The van der Waals surface area contributed by atoms with Gasteiger partial charge in [0.15, 0.2) is 0 Å². The molecule has 4 unspecified atom stereocenters. The van der Waals surface area contributed by atoms with Gasteiger partial charge in [0.2, 0.25) is 0 Å². The topological polar surface area (TPSA) is 34.1 Å². The smallest absolute Gasteiger partial charge is 0.139 e. The lowest BCUT2D eigenvalue weighted by atomic mass is 9.91. The van der Waals surface area contributed by atoms with Crippen LogP contribution in [0.3, 0.4) is 0 Å². The lowest BCUT2D eigenvalue weighted by Gasteiger charge is -2.13. The van der Waals surface area contributed by atoms with E-state index in [2.05, 4.69) is 20.8 Å². The number of carbonyl (C=O) groups excluding carboxylic acids is 2.